The van der Waals surface area contributed by atoms with E-state index in [1.165, 1.54) is 16.7 Å². The van der Waals surface area contributed by atoms with Crippen LogP contribution < -0.4 is 0 Å². The summed E-state index contributed by atoms with van der Waals surface area (Å²) < 4.78 is 0. The van der Waals surface area contributed by atoms with Crippen molar-refractivity contribution in [2.24, 2.45) is 17.3 Å². The highest BCUT2D eigenvalue weighted by atomic mass is 16.3. The van der Waals surface area contributed by atoms with Gasteiger partial charge in [0.15, 0.2) is 5.78 Å². The lowest BCUT2D eigenvalue weighted by molar-refractivity contribution is -0.114. The van der Waals surface area contributed by atoms with E-state index < -0.39 is 0 Å². The number of hydrogen-bond donors (Lipinski definition) is 1. The molecule has 2 saturated carbocycles. The van der Waals surface area contributed by atoms with Gasteiger partial charge in [-0.25, -0.2) is 0 Å². The van der Waals surface area contributed by atoms with Crippen LogP contribution in [0, 0.1) is 36.5 Å². The second-order valence-electron chi connectivity index (χ2n) is 9.70. The molecule has 0 aliphatic heterocycles. The Morgan fingerprint density at radius 1 is 1.20 bits per heavy atom. The molecule has 0 radical (unpaired) electrons. The fraction of sp³-hybridized carbons (Fsp3) is 0.556. The molecule has 5 atom stereocenters. The molecule has 3 nitrogen and oxygen atoms in total. The minimum absolute atomic E-state index is 0.00398. The fourth-order valence-electron chi connectivity index (χ4n) is 6.62. The largest absolute Gasteiger partial charge is 0.393 e. The summed E-state index contributed by atoms with van der Waals surface area (Å²) in [5.41, 5.74) is 6.67. The van der Waals surface area contributed by atoms with Crippen molar-refractivity contribution in [2.75, 3.05) is 0 Å². The maximum absolute atomic E-state index is 12.0. The smallest absolute Gasteiger partial charge is 0.156 e. The zero-order valence-corrected chi connectivity index (χ0v) is 18.4. The Morgan fingerprint density at radius 2 is 1.97 bits per heavy atom. The van der Waals surface area contributed by atoms with Crippen molar-refractivity contribution in [3.05, 3.63) is 52.4 Å². The number of carbonyl (C=O) groups excluding carboxylic acids is 1. The number of aliphatic hydroxyl groups excluding tert-OH is 1. The highest BCUT2D eigenvalue weighted by molar-refractivity contribution is 5.93. The molecule has 0 aromatic carbocycles. The summed E-state index contributed by atoms with van der Waals surface area (Å²) in [5, 5.41) is 10.9. The van der Waals surface area contributed by atoms with Gasteiger partial charge in [-0.2, -0.15) is 0 Å². The molecule has 30 heavy (non-hydrogen) atoms. The van der Waals surface area contributed by atoms with Gasteiger partial charge in [0.25, 0.3) is 0 Å². The van der Waals surface area contributed by atoms with Gasteiger partial charge in [0.1, 0.15) is 0 Å². The van der Waals surface area contributed by atoms with Crippen molar-refractivity contribution >= 4 is 5.78 Å². The first kappa shape index (κ1) is 21.1. The molecule has 1 aromatic heterocycles. The molecular formula is C27H33NO2. The minimum Gasteiger partial charge on any atom is -0.393 e. The van der Waals surface area contributed by atoms with Gasteiger partial charge in [-0.3, -0.25) is 9.78 Å². The van der Waals surface area contributed by atoms with Crippen molar-refractivity contribution in [1.29, 1.82) is 0 Å². The van der Waals surface area contributed by atoms with E-state index in [0.717, 1.165) is 44.2 Å². The van der Waals surface area contributed by atoms with Crippen LogP contribution in [0.25, 0.3) is 0 Å². The van der Waals surface area contributed by atoms with Crippen LogP contribution in [0.2, 0.25) is 0 Å². The molecule has 5 rings (SSSR count). The van der Waals surface area contributed by atoms with Gasteiger partial charge in [0, 0.05) is 24.2 Å². The van der Waals surface area contributed by atoms with Crippen LogP contribution in [-0.4, -0.2) is 22.0 Å². The highest BCUT2D eigenvalue weighted by Crippen LogP contribution is 2.63. The van der Waals surface area contributed by atoms with E-state index >= 15 is 0 Å². The summed E-state index contributed by atoms with van der Waals surface area (Å²) >= 11 is 0. The predicted octanol–water partition coefficient (Wildman–Crippen LogP) is 5.29. The summed E-state index contributed by atoms with van der Waals surface area (Å²) in [7, 11) is 0. The molecular weight excluding hydrogens is 370 g/mol. The maximum atomic E-state index is 12.0. The molecule has 158 valence electrons. The van der Waals surface area contributed by atoms with Crippen LogP contribution >= 0.6 is 0 Å². The van der Waals surface area contributed by atoms with E-state index in [9.17, 15) is 9.90 Å². The Hall–Kier alpha value is -2.18. The fourth-order valence-corrected chi connectivity index (χ4v) is 6.62. The lowest BCUT2D eigenvalue weighted by Crippen LogP contribution is -2.45. The quantitative estimate of drug-likeness (QED) is 0.648. The number of allylic oxidation sites excluding steroid dienone is 4. The van der Waals surface area contributed by atoms with Gasteiger partial charge in [0.05, 0.1) is 6.10 Å². The summed E-state index contributed by atoms with van der Waals surface area (Å²) in [5.74, 6) is 3.98. The lowest BCUT2D eigenvalue weighted by atomic mass is 9.53. The number of fused-ring (bicyclic) bond motifs is 4. The van der Waals surface area contributed by atoms with Gasteiger partial charge in [-0.05, 0) is 98.5 Å². The predicted molar refractivity (Wildman–Crippen MR) is 120 cm³/mol. The summed E-state index contributed by atoms with van der Waals surface area (Å²) in [4.78, 5) is 16.6. The van der Waals surface area contributed by atoms with Gasteiger partial charge in [0.2, 0.25) is 0 Å². The van der Waals surface area contributed by atoms with E-state index in [1.807, 2.05) is 19.2 Å². The Kier molecular flexibility index (Phi) is 5.73. The van der Waals surface area contributed by atoms with Crippen LogP contribution in [-0.2, 0) is 4.79 Å². The van der Waals surface area contributed by atoms with Crippen LogP contribution in [0.4, 0.5) is 0 Å². The maximum Gasteiger partial charge on any atom is 0.156 e. The minimum atomic E-state index is -0.195. The molecule has 5 unspecified atom stereocenters. The van der Waals surface area contributed by atoms with E-state index in [4.69, 9.17) is 0 Å². The molecule has 2 fully saturated rings. The number of ketones is 1. The second kappa shape index (κ2) is 8.16. The van der Waals surface area contributed by atoms with Crippen molar-refractivity contribution in [3.8, 4) is 12.3 Å². The lowest BCUT2D eigenvalue weighted by Gasteiger charge is -2.51. The van der Waals surface area contributed by atoms with E-state index in [1.54, 1.807) is 12.5 Å². The molecule has 1 heterocycles. The average Bonchev–Trinajstić information content (AvgIpc) is 3.03. The van der Waals surface area contributed by atoms with E-state index in [0.29, 0.717) is 30.0 Å². The van der Waals surface area contributed by atoms with E-state index in [-0.39, 0.29) is 11.5 Å². The third-order valence-corrected chi connectivity index (χ3v) is 8.02. The molecule has 0 amide bonds. The van der Waals surface area contributed by atoms with Gasteiger partial charge >= 0.3 is 0 Å². The summed E-state index contributed by atoms with van der Waals surface area (Å²) in [6.45, 7) is 6.00. The molecule has 1 N–H and O–H groups in total. The van der Waals surface area contributed by atoms with Crippen molar-refractivity contribution in [2.45, 2.75) is 77.7 Å². The number of nitrogens with zero attached hydrogens (tertiary/aromatic N) is 1. The van der Waals surface area contributed by atoms with Crippen molar-refractivity contribution in [3.63, 3.8) is 0 Å². The van der Waals surface area contributed by atoms with Crippen LogP contribution in [0.15, 0.2) is 41.1 Å². The monoisotopic (exact) mass is 403 g/mol. The topological polar surface area (TPSA) is 50.2 Å². The Bertz CT molecular complexity index is 933. The molecule has 3 heteroatoms. The van der Waals surface area contributed by atoms with Gasteiger partial charge in [-0.1, -0.05) is 18.6 Å². The molecule has 4 aliphatic rings. The number of carbonyl (C=O) groups is 1. The third kappa shape index (κ3) is 3.46. The van der Waals surface area contributed by atoms with Crippen LogP contribution in [0.3, 0.4) is 0 Å². The summed E-state index contributed by atoms with van der Waals surface area (Å²) in [6, 6.07) is 4.34. The SMILES string of the molecule is C#CC.Cc1ccc(C2CC3(C)C(O)CCC3C3CCC4=CC(=O)CCC4=C23)cn1. The number of aryl methyl sites for hydroxylation is 1. The van der Waals surface area contributed by atoms with Gasteiger partial charge < -0.3 is 5.11 Å². The second-order valence-corrected chi connectivity index (χ2v) is 9.70. The van der Waals surface area contributed by atoms with Crippen molar-refractivity contribution < 1.29 is 9.90 Å². The number of hydrogen-bond acceptors (Lipinski definition) is 3. The van der Waals surface area contributed by atoms with Gasteiger partial charge in [-0.15, -0.1) is 12.3 Å². The number of rotatable bonds is 1. The van der Waals surface area contributed by atoms with E-state index in [2.05, 4.69) is 36.4 Å². The average molecular weight is 404 g/mol. The Labute approximate surface area is 180 Å². The molecule has 4 aliphatic carbocycles. The van der Waals surface area contributed by atoms with Crippen molar-refractivity contribution in [1.82, 2.24) is 4.98 Å². The normalized spacial score (nSPS) is 34.6. The first-order valence-corrected chi connectivity index (χ1v) is 11.3. The highest BCUT2D eigenvalue weighted by Gasteiger charge is 2.56. The number of pyridine rings is 1. The first-order chi connectivity index (χ1) is 14.4. The number of aliphatic hydroxyl groups is 1. The molecule has 0 saturated heterocycles. The molecule has 0 bridgehead atoms. The first-order valence-electron chi connectivity index (χ1n) is 11.3. The number of terminal acetylenes is 1. The van der Waals surface area contributed by atoms with Crippen LogP contribution in [0.5, 0.6) is 0 Å². The standard InChI is InChI=1S/C24H29NO2.C3H4/c1-14-3-4-16(13-25-14)20-12-24(2)21(9-10-22(24)27)19-7-5-15-11-17(26)6-8-18(15)23(19)20;1-3-2/h3-4,11,13,19-22,27H,5-10,12H2,1-2H3;1H,2H3. The Balaban J connectivity index is 0.000000687. The molecule has 1 aromatic rings. The summed E-state index contributed by atoms with van der Waals surface area (Å²) in [6.07, 6.45) is 15.1. The molecule has 0 spiro atoms. The third-order valence-electron chi connectivity index (χ3n) is 8.02. The Morgan fingerprint density at radius 3 is 2.67 bits per heavy atom. The zero-order chi connectivity index (χ0) is 21.5. The zero-order valence-electron chi connectivity index (χ0n) is 18.4. The van der Waals surface area contributed by atoms with Crippen LogP contribution in [0.1, 0.15) is 76.0 Å². The number of aromatic nitrogens is 1.